The molecule has 0 saturated heterocycles. The van der Waals surface area contributed by atoms with Crippen LogP contribution >= 0.6 is 15.9 Å². The normalized spacial score (nSPS) is 12.7. The molecule has 3 rings (SSSR count). The fraction of sp³-hybridized carbons (Fsp3) is 0.222. The van der Waals surface area contributed by atoms with Gasteiger partial charge in [-0.05, 0) is 62.7 Å². The number of fused-ring (bicyclic) bond motifs is 1. The van der Waals surface area contributed by atoms with Crippen molar-refractivity contribution in [2.75, 3.05) is 0 Å². The van der Waals surface area contributed by atoms with Crippen LogP contribution in [-0.4, -0.2) is 0 Å². The van der Waals surface area contributed by atoms with Crippen LogP contribution in [0.4, 0.5) is 0 Å². The summed E-state index contributed by atoms with van der Waals surface area (Å²) in [5, 5.41) is 0. The average molecular weight is 313 g/mol. The van der Waals surface area contributed by atoms with Crippen molar-refractivity contribution in [2.24, 2.45) is 0 Å². The Labute approximate surface area is 123 Å². The van der Waals surface area contributed by atoms with Gasteiger partial charge in [0.1, 0.15) is 0 Å². The molecule has 0 atom stereocenters. The Kier molecular flexibility index (Phi) is 3.56. The molecule has 0 unspecified atom stereocenters. The number of benzene rings is 2. The summed E-state index contributed by atoms with van der Waals surface area (Å²) in [5.41, 5.74) is 6.99. The van der Waals surface area contributed by atoms with Crippen LogP contribution in [0.5, 0.6) is 0 Å². The predicted molar refractivity (Wildman–Crippen MR) is 86.3 cm³/mol. The number of halogens is 1. The first kappa shape index (κ1) is 12.7. The third-order valence-electron chi connectivity index (χ3n) is 3.70. The fourth-order valence-electron chi connectivity index (χ4n) is 2.79. The van der Waals surface area contributed by atoms with Crippen molar-refractivity contribution in [3.05, 3.63) is 63.6 Å². The van der Waals surface area contributed by atoms with E-state index in [-0.39, 0.29) is 0 Å². The van der Waals surface area contributed by atoms with Gasteiger partial charge in [0, 0.05) is 4.47 Å². The zero-order chi connectivity index (χ0) is 13.2. The van der Waals surface area contributed by atoms with E-state index in [1.807, 2.05) is 0 Å². The quantitative estimate of drug-likeness (QED) is 0.688. The molecule has 0 bridgehead atoms. The van der Waals surface area contributed by atoms with Crippen LogP contribution in [0, 0.1) is 0 Å². The summed E-state index contributed by atoms with van der Waals surface area (Å²) in [5.74, 6) is 0. The minimum Gasteiger partial charge on any atom is -0.0795 e. The van der Waals surface area contributed by atoms with Gasteiger partial charge in [-0.15, -0.1) is 0 Å². The summed E-state index contributed by atoms with van der Waals surface area (Å²) in [6.45, 7) is 2.24. The number of hydrogen-bond donors (Lipinski definition) is 0. The van der Waals surface area contributed by atoms with Crippen molar-refractivity contribution < 1.29 is 0 Å². The largest absolute Gasteiger partial charge is 0.0795 e. The maximum Gasteiger partial charge on any atom is 0.0291 e. The lowest BCUT2D eigenvalue weighted by atomic mass is 9.93. The zero-order valence-corrected chi connectivity index (χ0v) is 12.7. The van der Waals surface area contributed by atoms with E-state index in [2.05, 4.69) is 71.4 Å². The minimum atomic E-state index is 1.07. The second-order valence-electron chi connectivity index (χ2n) is 5.01. The van der Waals surface area contributed by atoms with Crippen LogP contribution in [0.2, 0.25) is 0 Å². The molecule has 1 aliphatic carbocycles. The summed E-state index contributed by atoms with van der Waals surface area (Å²) in [6, 6.07) is 13.0. The smallest absolute Gasteiger partial charge is 0.0291 e. The lowest BCUT2D eigenvalue weighted by molar-refractivity contribution is 0.913. The van der Waals surface area contributed by atoms with Gasteiger partial charge in [-0.1, -0.05) is 55.8 Å². The third-order valence-corrected chi connectivity index (χ3v) is 4.60. The lowest BCUT2D eigenvalue weighted by Gasteiger charge is -2.15. The summed E-state index contributed by atoms with van der Waals surface area (Å²) in [6.07, 6.45) is 7.93. The highest BCUT2D eigenvalue weighted by Gasteiger charge is 2.17. The monoisotopic (exact) mass is 312 g/mol. The molecule has 1 heteroatoms. The number of allylic oxidation sites excluding steroid dienone is 1. The molecule has 2 aromatic rings. The highest BCUT2D eigenvalue weighted by Crippen LogP contribution is 2.38. The maximum atomic E-state index is 3.84. The highest BCUT2D eigenvalue weighted by molar-refractivity contribution is 9.10. The van der Waals surface area contributed by atoms with Crippen LogP contribution in [0.3, 0.4) is 0 Å². The molecule has 0 amide bonds. The van der Waals surface area contributed by atoms with Gasteiger partial charge in [0.25, 0.3) is 0 Å². The maximum absolute atomic E-state index is 3.84. The first-order valence-corrected chi connectivity index (χ1v) is 7.66. The van der Waals surface area contributed by atoms with Crippen LogP contribution in [-0.2, 0) is 12.8 Å². The summed E-state index contributed by atoms with van der Waals surface area (Å²) in [4.78, 5) is 0. The van der Waals surface area contributed by atoms with Gasteiger partial charge in [-0.2, -0.15) is 0 Å². The number of rotatable bonds is 3. The summed E-state index contributed by atoms with van der Waals surface area (Å²) in [7, 11) is 0. The van der Waals surface area contributed by atoms with Crippen LogP contribution in [0.15, 0.2) is 46.9 Å². The Morgan fingerprint density at radius 3 is 2.68 bits per heavy atom. The van der Waals surface area contributed by atoms with Crippen molar-refractivity contribution in [3.63, 3.8) is 0 Å². The molecule has 96 valence electrons. The van der Waals surface area contributed by atoms with Gasteiger partial charge in [0.05, 0.1) is 0 Å². The van der Waals surface area contributed by atoms with E-state index in [9.17, 15) is 0 Å². The van der Waals surface area contributed by atoms with Crippen molar-refractivity contribution in [2.45, 2.75) is 26.2 Å². The molecular formula is C18H17Br. The average Bonchev–Trinajstić information content (AvgIpc) is 2.91. The first-order valence-electron chi connectivity index (χ1n) is 6.87. The molecule has 2 aromatic carbocycles. The highest BCUT2D eigenvalue weighted by atomic mass is 79.9. The zero-order valence-electron chi connectivity index (χ0n) is 11.1. The molecule has 0 spiro atoms. The Balaban J connectivity index is 2.20. The van der Waals surface area contributed by atoms with E-state index < -0.39 is 0 Å². The minimum absolute atomic E-state index is 1.07. The Hall–Kier alpha value is -1.34. The second-order valence-corrected chi connectivity index (χ2v) is 5.80. The van der Waals surface area contributed by atoms with Gasteiger partial charge in [0.2, 0.25) is 0 Å². The molecule has 0 aromatic heterocycles. The second kappa shape index (κ2) is 5.34. The molecule has 0 fully saturated rings. The van der Waals surface area contributed by atoms with Gasteiger partial charge >= 0.3 is 0 Å². The predicted octanol–water partition coefficient (Wildman–Crippen LogP) is 5.64. The summed E-state index contributed by atoms with van der Waals surface area (Å²) >= 11 is 3.84. The van der Waals surface area contributed by atoms with Gasteiger partial charge < -0.3 is 0 Å². The van der Waals surface area contributed by atoms with E-state index in [0.29, 0.717) is 0 Å². The SMILES string of the molecule is CCCc1c(Br)c(-c2ccccc2)cc2c1C=CC2. The van der Waals surface area contributed by atoms with E-state index in [0.717, 1.165) is 12.8 Å². The molecule has 0 radical (unpaired) electrons. The third kappa shape index (κ3) is 2.28. The number of hydrogen-bond acceptors (Lipinski definition) is 0. The van der Waals surface area contributed by atoms with E-state index in [1.165, 1.54) is 38.7 Å². The van der Waals surface area contributed by atoms with Gasteiger partial charge in [-0.25, -0.2) is 0 Å². The molecule has 0 heterocycles. The van der Waals surface area contributed by atoms with Gasteiger partial charge in [0.15, 0.2) is 0 Å². The molecule has 1 aliphatic rings. The lowest BCUT2D eigenvalue weighted by Crippen LogP contribution is -1.96. The molecule has 0 nitrogen and oxygen atoms in total. The van der Waals surface area contributed by atoms with E-state index in [4.69, 9.17) is 0 Å². The van der Waals surface area contributed by atoms with E-state index in [1.54, 1.807) is 0 Å². The summed E-state index contributed by atoms with van der Waals surface area (Å²) < 4.78 is 1.27. The van der Waals surface area contributed by atoms with Crippen molar-refractivity contribution >= 4 is 22.0 Å². The first-order chi connectivity index (χ1) is 9.31. The molecule has 0 N–H and O–H groups in total. The Bertz CT molecular complexity index is 624. The van der Waals surface area contributed by atoms with Crippen molar-refractivity contribution in [1.82, 2.24) is 0 Å². The Morgan fingerprint density at radius 2 is 1.95 bits per heavy atom. The topological polar surface area (TPSA) is 0 Å². The Morgan fingerprint density at radius 1 is 1.16 bits per heavy atom. The van der Waals surface area contributed by atoms with Crippen molar-refractivity contribution in [1.29, 1.82) is 0 Å². The van der Waals surface area contributed by atoms with E-state index >= 15 is 0 Å². The molecule has 0 aliphatic heterocycles. The van der Waals surface area contributed by atoms with Crippen molar-refractivity contribution in [3.8, 4) is 11.1 Å². The molecule has 0 saturated carbocycles. The van der Waals surface area contributed by atoms with Crippen LogP contribution in [0.25, 0.3) is 17.2 Å². The van der Waals surface area contributed by atoms with Gasteiger partial charge in [-0.3, -0.25) is 0 Å². The fourth-order valence-corrected chi connectivity index (χ4v) is 3.55. The molecule has 19 heavy (non-hydrogen) atoms. The standard InChI is InChI=1S/C18H17Br/c1-2-7-16-15-11-6-10-14(15)12-17(18(16)19)13-8-4-3-5-9-13/h3-6,8-9,11-12H,2,7,10H2,1H3. The van der Waals surface area contributed by atoms with Crippen LogP contribution < -0.4 is 0 Å². The molecular weight excluding hydrogens is 296 g/mol. The van der Waals surface area contributed by atoms with Crippen LogP contribution in [0.1, 0.15) is 30.0 Å².